The van der Waals surface area contributed by atoms with Gasteiger partial charge < -0.3 is 15.0 Å². The fraction of sp³-hybridized carbons (Fsp3) is 0.211. The minimum atomic E-state index is -0.560. The van der Waals surface area contributed by atoms with E-state index in [1.54, 1.807) is 42.5 Å². The summed E-state index contributed by atoms with van der Waals surface area (Å²) in [6.45, 7) is 2.98. The number of aryl methyl sites for hydroxylation is 1. The molecule has 0 saturated heterocycles. The molecule has 6 nitrogen and oxygen atoms in total. The van der Waals surface area contributed by atoms with Crippen LogP contribution in [0, 0.1) is 6.92 Å². The van der Waals surface area contributed by atoms with Gasteiger partial charge >= 0.3 is 5.97 Å². The predicted octanol–water partition coefficient (Wildman–Crippen LogP) is 3.43. The largest absolute Gasteiger partial charge is 0.465 e. The third-order valence-corrected chi connectivity index (χ3v) is 3.99. The SMILES string of the molecule is COC(=O)c1ccccc1NC(=O)CN(C(C)=O)c1cc(Cl)ccc1C. The van der Waals surface area contributed by atoms with E-state index in [4.69, 9.17) is 16.3 Å². The number of benzene rings is 2. The predicted molar refractivity (Wildman–Crippen MR) is 101 cm³/mol. The second-order valence-electron chi connectivity index (χ2n) is 5.62. The first-order valence-electron chi connectivity index (χ1n) is 7.85. The zero-order valence-corrected chi connectivity index (χ0v) is 15.5. The number of carbonyl (C=O) groups is 3. The number of hydrogen-bond acceptors (Lipinski definition) is 4. The van der Waals surface area contributed by atoms with Gasteiger partial charge in [0.2, 0.25) is 11.8 Å². The number of anilines is 2. The Morgan fingerprint density at radius 3 is 2.50 bits per heavy atom. The highest BCUT2D eigenvalue weighted by molar-refractivity contribution is 6.31. The summed E-state index contributed by atoms with van der Waals surface area (Å²) in [6, 6.07) is 11.6. The van der Waals surface area contributed by atoms with E-state index in [9.17, 15) is 14.4 Å². The van der Waals surface area contributed by atoms with Gasteiger partial charge in [-0.3, -0.25) is 9.59 Å². The van der Waals surface area contributed by atoms with E-state index < -0.39 is 11.9 Å². The molecule has 0 aromatic heterocycles. The number of nitrogens with zero attached hydrogens (tertiary/aromatic N) is 1. The molecule has 2 aromatic rings. The van der Waals surface area contributed by atoms with Crippen molar-refractivity contribution in [1.82, 2.24) is 0 Å². The van der Waals surface area contributed by atoms with E-state index in [0.29, 0.717) is 16.4 Å². The van der Waals surface area contributed by atoms with Gasteiger partial charge in [0.15, 0.2) is 0 Å². The van der Waals surface area contributed by atoms with Crippen LogP contribution in [0.4, 0.5) is 11.4 Å². The van der Waals surface area contributed by atoms with Crippen LogP contribution in [0.3, 0.4) is 0 Å². The van der Waals surface area contributed by atoms with Gasteiger partial charge in [0, 0.05) is 17.6 Å². The highest BCUT2D eigenvalue weighted by Gasteiger charge is 2.20. The first kappa shape index (κ1) is 19.5. The lowest BCUT2D eigenvalue weighted by molar-refractivity contribution is -0.120. The zero-order valence-electron chi connectivity index (χ0n) is 14.7. The van der Waals surface area contributed by atoms with Crippen molar-refractivity contribution in [2.45, 2.75) is 13.8 Å². The van der Waals surface area contributed by atoms with Gasteiger partial charge in [-0.1, -0.05) is 29.8 Å². The van der Waals surface area contributed by atoms with E-state index >= 15 is 0 Å². The van der Waals surface area contributed by atoms with Gasteiger partial charge in [-0.05, 0) is 36.8 Å². The average Bonchev–Trinajstić information content (AvgIpc) is 2.61. The molecule has 0 heterocycles. The lowest BCUT2D eigenvalue weighted by atomic mass is 10.1. The molecule has 26 heavy (non-hydrogen) atoms. The van der Waals surface area contributed by atoms with Crippen molar-refractivity contribution < 1.29 is 19.1 Å². The van der Waals surface area contributed by atoms with Crippen LogP contribution in [-0.4, -0.2) is 31.4 Å². The van der Waals surface area contributed by atoms with E-state index in [2.05, 4.69) is 5.32 Å². The first-order valence-corrected chi connectivity index (χ1v) is 8.22. The number of halogens is 1. The Kier molecular flexibility index (Phi) is 6.36. The lowest BCUT2D eigenvalue weighted by Gasteiger charge is -2.23. The minimum Gasteiger partial charge on any atom is -0.465 e. The molecule has 136 valence electrons. The summed E-state index contributed by atoms with van der Waals surface area (Å²) >= 11 is 6.01. The Balaban J connectivity index is 2.23. The van der Waals surface area contributed by atoms with Crippen molar-refractivity contribution in [2.24, 2.45) is 0 Å². The monoisotopic (exact) mass is 374 g/mol. The Hall–Kier alpha value is -2.86. The van der Waals surface area contributed by atoms with E-state index in [1.807, 2.05) is 6.92 Å². The average molecular weight is 375 g/mol. The van der Waals surface area contributed by atoms with E-state index in [-0.39, 0.29) is 18.0 Å². The van der Waals surface area contributed by atoms with Crippen LogP contribution in [0.15, 0.2) is 42.5 Å². The summed E-state index contributed by atoms with van der Waals surface area (Å²) in [4.78, 5) is 37.6. The van der Waals surface area contributed by atoms with Crippen LogP contribution in [0.1, 0.15) is 22.8 Å². The van der Waals surface area contributed by atoms with Crippen molar-refractivity contribution in [3.05, 3.63) is 58.6 Å². The molecule has 2 aromatic carbocycles. The molecule has 0 bridgehead atoms. The fourth-order valence-electron chi connectivity index (χ4n) is 2.45. The smallest absolute Gasteiger partial charge is 0.339 e. The molecule has 0 saturated carbocycles. The number of nitrogens with one attached hydrogen (secondary N) is 1. The second kappa shape index (κ2) is 8.49. The van der Waals surface area contributed by atoms with Crippen LogP contribution in [-0.2, 0) is 14.3 Å². The van der Waals surface area contributed by atoms with Crippen molar-refractivity contribution in [3.8, 4) is 0 Å². The quantitative estimate of drug-likeness (QED) is 0.813. The third-order valence-electron chi connectivity index (χ3n) is 3.75. The van der Waals surface area contributed by atoms with Crippen LogP contribution >= 0.6 is 11.6 Å². The topological polar surface area (TPSA) is 75.7 Å². The molecule has 0 atom stereocenters. The fourth-order valence-corrected chi connectivity index (χ4v) is 2.62. The molecular formula is C19H19ClN2O4. The van der Waals surface area contributed by atoms with Crippen LogP contribution < -0.4 is 10.2 Å². The summed E-state index contributed by atoms with van der Waals surface area (Å²) in [6.07, 6.45) is 0. The number of hydrogen-bond donors (Lipinski definition) is 1. The summed E-state index contributed by atoms with van der Waals surface area (Å²) < 4.78 is 4.71. The molecule has 1 N–H and O–H groups in total. The van der Waals surface area contributed by atoms with E-state index in [0.717, 1.165) is 5.56 Å². The molecule has 0 radical (unpaired) electrons. The van der Waals surface area contributed by atoms with Crippen LogP contribution in [0.5, 0.6) is 0 Å². The maximum atomic E-state index is 12.5. The number of amides is 2. The highest BCUT2D eigenvalue weighted by atomic mass is 35.5. The van der Waals surface area contributed by atoms with Crippen molar-refractivity contribution in [3.63, 3.8) is 0 Å². The maximum Gasteiger partial charge on any atom is 0.339 e. The zero-order chi connectivity index (χ0) is 19.3. The minimum absolute atomic E-state index is 0.216. The van der Waals surface area contributed by atoms with Gasteiger partial charge in [0.05, 0.1) is 18.4 Å². The molecule has 7 heteroatoms. The molecule has 0 spiro atoms. The molecule has 0 aliphatic rings. The van der Waals surface area contributed by atoms with Gasteiger partial charge in [0.1, 0.15) is 6.54 Å². The van der Waals surface area contributed by atoms with Crippen molar-refractivity contribution in [1.29, 1.82) is 0 Å². The van der Waals surface area contributed by atoms with Gasteiger partial charge in [0.25, 0.3) is 0 Å². The number of methoxy groups -OCH3 is 1. The maximum absolute atomic E-state index is 12.5. The number of ether oxygens (including phenoxy) is 1. The molecule has 0 aliphatic carbocycles. The van der Waals surface area contributed by atoms with Crippen molar-refractivity contribution >= 4 is 40.8 Å². The number of esters is 1. The Labute approximate surface area is 156 Å². The Morgan fingerprint density at radius 1 is 1.15 bits per heavy atom. The van der Waals surface area contributed by atoms with Crippen molar-refractivity contribution in [2.75, 3.05) is 23.9 Å². The second-order valence-corrected chi connectivity index (χ2v) is 6.06. The number of carbonyl (C=O) groups excluding carboxylic acids is 3. The van der Waals surface area contributed by atoms with E-state index in [1.165, 1.54) is 18.9 Å². The summed E-state index contributed by atoms with van der Waals surface area (Å²) in [5.41, 5.74) is 1.92. The number of para-hydroxylation sites is 1. The Morgan fingerprint density at radius 2 is 1.85 bits per heavy atom. The summed E-state index contributed by atoms with van der Waals surface area (Å²) in [5.74, 6) is -1.31. The molecule has 0 fully saturated rings. The molecule has 2 amide bonds. The highest BCUT2D eigenvalue weighted by Crippen LogP contribution is 2.25. The van der Waals surface area contributed by atoms with Gasteiger partial charge in [-0.2, -0.15) is 0 Å². The van der Waals surface area contributed by atoms with Crippen LogP contribution in [0.2, 0.25) is 5.02 Å². The molecule has 2 rings (SSSR count). The molecule has 0 aliphatic heterocycles. The Bertz CT molecular complexity index is 851. The summed E-state index contributed by atoms with van der Waals surface area (Å²) in [7, 11) is 1.26. The molecular weight excluding hydrogens is 356 g/mol. The standard InChI is InChI=1S/C19H19ClN2O4/c1-12-8-9-14(20)10-17(12)22(13(2)23)11-18(24)21-16-7-5-4-6-15(16)19(25)26-3/h4-10H,11H2,1-3H3,(H,21,24). The lowest BCUT2D eigenvalue weighted by Crippen LogP contribution is -2.37. The third kappa shape index (κ3) is 4.61. The van der Waals surface area contributed by atoms with Crippen LogP contribution in [0.25, 0.3) is 0 Å². The summed E-state index contributed by atoms with van der Waals surface area (Å²) in [5, 5.41) is 3.11. The molecule has 0 unspecified atom stereocenters. The van der Waals surface area contributed by atoms with Gasteiger partial charge in [-0.25, -0.2) is 4.79 Å². The van der Waals surface area contributed by atoms with Gasteiger partial charge in [-0.15, -0.1) is 0 Å². The number of rotatable bonds is 5. The normalized spacial score (nSPS) is 10.2. The first-order chi connectivity index (χ1) is 12.3.